The van der Waals surface area contributed by atoms with Crippen LogP contribution >= 0.6 is 0 Å². The van der Waals surface area contributed by atoms with E-state index in [0.29, 0.717) is 12.5 Å². The fourth-order valence-electron chi connectivity index (χ4n) is 3.10. The molecule has 0 bridgehead atoms. The highest BCUT2D eigenvalue weighted by atomic mass is 16.4. The number of pyridine rings is 1. The molecule has 0 amide bonds. The number of aromatic carboxylic acids is 1. The molecule has 4 heteroatoms. The van der Waals surface area contributed by atoms with E-state index in [1.165, 1.54) is 23.4 Å². The molecule has 2 aromatic rings. The van der Waals surface area contributed by atoms with Gasteiger partial charge in [-0.05, 0) is 30.4 Å². The average Bonchev–Trinajstić information content (AvgIpc) is 2.49. The highest BCUT2D eigenvalue weighted by Gasteiger charge is 2.20. The number of hydrogen-bond donors (Lipinski definition) is 1. The Morgan fingerprint density at radius 2 is 2.10 bits per heavy atom. The monoisotopic (exact) mass is 283 g/mol. The molecule has 3 rings (SSSR count). The molecule has 108 valence electrons. The van der Waals surface area contributed by atoms with Crippen LogP contribution in [0.25, 0.3) is 0 Å². The third kappa shape index (κ3) is 2.75. The highest BCUT2D eigenvalue weighted by Crippen LogP contribution is 2.32. The zero-order chi connectivity index (χ0) is 14.8. The minimum Gasteiger partial charge on any atom is -0.477 e. The van der Waals surface area contributed by atoms with E-state index >= 15 is 0 Å². The smallest absolute Gasteiger partial charge is 0.341 e. The van der Waals surface area contributed by atoms with E-state index < -0.39 is 11.4 Å². The first-order valence-corrected chi connectivity index (χ1v) is 7.16. The molecule has 1 aromatic carbocycles. The number of carboxylic acids is 1. The molecule has 0 radical (unpaired) electrons. The normalized spacial score (nSPS) is 17.2. The first-order chi connectivity index (χ1) is 10.1. The summed E-state index contributed by atoms with van der Waals surface area (Å²) in [5, 5.41) is 9.04. The van der Waals surface area contributed by atoms with Crippen LogP contribution in [-0.4, -0.2) is 15.6 Å². The summed E-state index contributed by atoms with van der Waals surface area (Å²) in [6, 6.07) is 9.75. The predicted molar refractivity (Wildman–Crippen MR) is 79.8 cm³/mol. The number of benzene rings is 1. The van der Waals surface area contributed by atoms with Crippen molar-refractivity contribution in [1.29, 1.82) is 0 Å². The quantitative estimate of drug-likeness (QED) is 0.942. The minimum absolute atomic E-state index is 0.165. The van der Waals surface area contributed by atoms with Gasteiger partial charge in [0, 0.05) is 30.9 Å². The summed E-state index contributed by atoms with van der Waals surface area (Å²) in [4.78, 5) is 22.6. The van der Waals surface area contributed by atoms with Gasteiger partial charge in [-0.2, -0.15) is 0 Å². The zero-order valence-corrected chi connectivity index (χ0v) is 11.7. The molecule has 1 unspecified atom stereocenters. The number of nitrogens with zero attached hydrogens (tertiary/aromatic N) is 1. The Morgan fingerprint density at radius 3 is 2.90 bits per heavy atom. The van der Waals surface area contributed by atoms with E-state index in [0.717, 1.165) is 19.3 Å². The lowest BCUT2D eigenvalue weighted by atomic mass is 9.83. The summed E-state index contributed by atoms with van der Waals surface area (Å²) >= 11 is 0. The summed E-state index contributed by atoms with van der Waals surface area (Å²) in [5.74, 6) is -0.794. The topological polar surface area (TPSA) is 59.3 Å². The molecule has 1 aromatic heterocycles. The van der Waals surface area contributed by atoms with Gasteiger partial charge in [0.1, 0.15) is 5.56 Å². The molecular weight excluding hydrogens is 266 g/mol. The Balaban J connectivity index is 1.90. The van der Waals surface area contributed by atoms with Gasteiger partial charge in [0.15, 0.2) is 5.43 Å². The van der Waals surface area contributed by atoms with E-state index in [2.05, 4.69) is 18.2 Å². The molecule has 1 aliphatic rings. The van der Waals surface area contributed by atoms with Crippen LogP contribution in [-0.2, 0) is 13.0 Å². The van der Waals surface area contributed by atoms with Gasteiger partial charge in [-0.15, -0.1) is 0 Å². The van der Waals surface area contributed by atoms with Crippen LogP contribution in [0.5, 0.6) is 0 Å². The summed E-state index contributed by atoms with van der Waals surface area (Å²) in [7, 11) is 0. The maximum atomic E-state index is 11.5. The van der Waals surface area contributed by atoms with Gasteiger partial charge >= 0.3 is 5.97 Å². The maximum Gasteiger partial charge on any atom is 0.341 e. The Morgan fingerprint density at radius 1 is 1.29 bits per heavy atom. The maximum absolute atomic E-state index is 11.5. The molecule has 1 heterocycles. The summed E-state index contributed by atoms with van der Waals surface area (Å²) in [6.45, 7) is 0.706. The molecular formula is C17H17NO3. The van der Waals surface area contributed by atoms with Crippen LogP contribution in [0.1, 0.15) is 40.2 Å². The zero-order valence-electron chi connectivity index (χ0n) is 11.7. The first-order valence-electron chi connectivity index (χ1n) is 7.16. The number of carboxylic acid groups (broad SMARTS) is 1. The summed E-state index contributed by atoms with van der Waals surface area (Å²) < 4.78 is 1.82. The number of hydrogen-bond acceptors (Lipinski definition) is 2. The molecule has 21 heavy (non-hydrogen) atoms. The van der Waals surface area contributed by atoms with Crippen molar-refractivity contribution in [3.8, 4) is 0 Å². The van der Waals surface area contributed by atoms with Crippen molar-refractivity contribution >= 4 is 5.97 Å². The van der Waals surface area contributed by atoms with Crippen molar-refractivity contribution in [2.45, 2.75) is 31.7 Å². The van der Waals surface area contributed by atoms with Gasteiger partial charge in [0.05, 0.1) is 0 Å². The van der Waals surface area contributed by atoms with Gasteiger partial charge in [-0.3, -0.25) is 4.79 Å². The third-order valence-electron chi connectivity index (χ3n) is 4.13. The lowest BCUT2D eigenvalue weighted by molar-refractivity contribution is 0.0694. The lowest BCUT2D eigenvalue weighted by Gasteiger charge is -2.26. The van der Waals surface area contributed by atoms with Crippen molar-refractivity contribution in [1.82, 2.24) is 4.57 Å². The van der Waals surface area contributed by atoms with Crippen LogP contribution in [0.3, 0.4) is 0 Å². The number of fused-ring (bicyclic) bond motifs is 1. The van der Waals surface area contributed by atoms with Crippen LogP contribution in [0.2, 0.25) is 0 Å². The SMILES string of the molecule is O=C(O)c1cn(CC2CCCc3ccccc32)ccc1=O. The van der Waals surface area contributed by atoms with Gasteiger partial charge in [0.25, 0.3) is 0 Å². The number of aromatic nitrogens is 1. The second-order valence-electron chi connectivity index (χ2n) is 5.51. The molecule has 0 saturated carbocycles. The third-order valence-corrected chi connectivity index (χ3v) is 4.13. The van der Waals surface area contributed by atoms with E-state index in [1.54, 1.807) is 6.20 Å². The van der Waals surface area contributed by atoms with Crippen LogP contribution in [0, 0.1) is 0 Å². The fourth-order valence-corrected chi connectivity index (χ4v) is 3.10. The van der Waals surface area contributed by atoms with Crippen molar-refractivity contribution in [2.24, 2.45) is 0 Å². The first kappa shape index (κ1) is 13.6. The molecule has 0 saturated heterocycles. The summed E-state index contributed by atoms with van der Waals surface area (Å²) in [6.07, 6.45) is 6.46. The Labute approximate surface area is 122 Å². The largest absolute Gasteiger partial charge is 0.477 e. The number of carbonyl (C=O) groups is 1. The van der Waals surface area contributed by atoms with E-state index in [1.807, 2.05) is 10.6 Å². The highest BCUT2D eigenvalue weighted by molar-refractivity contribution is 5.86. The second-order valence-corrected chi connectivity index (χ2v) is 5.51. The minimum atomic E-state index is -1.17. The fraction of sp³-hybridized carbons (Fsp3) is 0.294. The standard InChI is InChI=1S/C17H17NO3/c19-16-8-9-18(11-15(16)17(20)21)10-13-6-3-5-12-4-1-2-7-14(12)13/h1-2,4,7-9,11,13H,3,5-6,10H2,(H,20,21). The van der Waals surface area contributed by atoms with Crippen molar-refractivity contribution in [2.75, 3.05) is 0 Å². The molecule has 1 aliphatic carbocycles. The van der Waals surface area contributed by atoms with Gasteiger partial charge in [-0.1, -0.05) is 24.3 Å². The van der Waals surface area contributed by atoms with E-state index in [-0.39, 0.29) is 5.56 Å². The van der Waals surface area contributed by atoms with Crippen LogP contribution < -0.4 is 5.43 Å². The Bertz CT molecular complexity index is 733. The Kier molecular flexibility index (Phi) is 3.60. The van der Waals surface area contributed by atoms with E-state index in [9.17, 15) is 9.59 Å². The number of aryl methyl sites for hydroxylation is 1. The van der Waals surface area contributed by atoms with Crippen molar-refractivity contribution in [3.63, 3.8) is 0 Å². The van der Waals surface area contributed by atoms with Gasteiger partial charge in [0.2, 0.25) is 0 Å². The molecule has 0 aliphatic heterocycles. The summed E-state index contributed by atoms with van der Waals surface area (Å²) in [5.41, 5.74) is 2.12. The molecule has 0 spiro atoms. The van der Waals surface area contributed by atoms with Crippen LogP contribution in [0.15, 0.2) is 47.5 Å². The molecule has 1 N–H and O–H groups in total. The molecule has 4 nitrogen and oxygen atoms in total. The van der Waals surface area contributed by atoms with Gasteiger partial charge in [-0.25, -0.2) is 4.79 Å². The Hall–Kier alpha value is -2.36. The predicted octanol–water partition coefficient (Wildman–Crippen LogP) is 2.67. The van der Waals surface area contributed by atoms with Gasteiger partial charge < -0.3 is 9.67 Å². The second kappa shape index (κ2) is 5.56. The lowest BCUT2D eigenvalue weighted by Crippen LogP contribution is -2.20. The van der Waals surface area contributed by atoms with Crippen molar-refractivity contribution in [3.05, 3.63) is 69.6 Å². The number of rotatable bonds is 3. The molecule has 1 atom stereocenters. The van der Waals surface area contributed by atoms with Crippen LogP contribution in [0.4, 0.5) is 0 Å². The average molecular weight is 283 g/mol. The van der Waals surface area contributed by atoms with E-state index in [4.69, 9.17) is 5.11 Å². The van der Waals surface area contributed by atoms with Crippen molar-refractivity contribution < 1.29 is 9.90 Å². The molecule has 0 fully saturated rings.